The average molecular weight is 391 g/mol. The highest BCUT2D eigenvalue weighted by molar-refractivity contribution is 6.25. The predicted octanol–water partition coefficient (Wildman–Crippen LogP) is 5.23. The number of aliphatic hydroxyl groups is 1. The van der Waals surface area contributed by atoms with Gasteiger partial charge in [0.25, 0.3) is 0 Å². The maximum Gasteiger partial charge on any atom is 0.119 e. The van der Waals surface area contributed by atoms with Gasteiger partial charge in [0.05, 0.1) is 18.7 Å². The number of hydrogen-bond acceptors (Lipinski definition) is 4. The molecule has 0 bridgehead atoms. The summed E-state index contributed by atoms with van der Waals surface area (Å²) < 4.78 is 5.30. The van der Waals surface area contributed by atoms with Crippen molar-refractivity contribution in [2.24, 2.45) is 5.92 Å². The fraction of sp³-hybridized carbons (Fsp3) is 0.409. The first-order valence-electron chi connectivity index (χ1n) is 9.32. The van der Waals surface area contributed by atoms with Crippen LogP contribution >= 0.6 is 11.6 Å². The van der Waals surface area contributed by atoms with E-state index >= 15 is 0 Å². The molecule has 0 spiro atoms. The minimum Gasteiger partial charge on any atom is -0.497 e. The van der Waals surface area contributed by atoms with Crippen molar-refractivity contribution in [2.75, 3.05) is 13.7 Å². The van der Waals surface area contributed by atoms with Gasteiger partial charge >= 0.3 is 0 Å². The van der Waals surface area contributed by atoms with E-state index in [0.717, 1.165) is 41.6 Å². The van der Waals surface area contributed by atoms with Crippen molar-refractivity contribution in [1.82, 2.24) is 10.3 Å². The van der Waals surface area contributed by atoms with E-state index in [-0.39, 0.29) is 6.04 Å². The van der Waals surface area contributed by atoms with E-state index in [1.807, 2.05) is 44.2 Å². The largest absolute Gasteiger partial charge is 0.497 e. The minimum absolute atomic E-state index is 0.0630. The van der Waals surface area contributed by atoms with Crippen LogP contribution in [0.25, 0.3) is 10.9 Å². The zero-order valence-corrected chi connectivity index (χ0v) is 17.2. The molecule has 2 aromatic rings. The van der Waals surface area contributed by atoms with Crippen molar-refractivity contribution >= 4 is 22.5 Å². The van der Waals surface area contributed by atoms with Gasteiger partial charge < -0.3 is 15.2 Å². The zero-order chi connectivity index (χ0) is 20.2. The first-order valence-corrected chi connectivity index (χ1v) is 9.76. The Labute approximate surface area is 167 Å². The molecular formula is C22H31ClN2O2. The molecule has 0 amide bonds. The lowest BCUT2D eigenvalue weighted by molar-refractivity contribution is 0.109. The molecule has 27 heavy (non-hydrogen) atoms. The maximum atomic E-state index is 10.8. The minimum atomic E-state index is -0.552. The van der Waals surface area contributed by atoms with E-state index in [4.69, 9.17) is 16.3 Å². The zero-order valence-electron chi connectivity index (χ0n) is 16.5. The van der Waals surface area contributed by atoms with Crippen LogP contribution in [0.4, 0.5) is 0 Å². The quantitative estimate of drug-likeness (QED) is 0.702. The van der Waals surface area contributed by atoms with Crippen LogP contribution in [0.1, 0.15) is 38.4 Å². The van der Waals surface area contributed by atoms with Crippen molar-refractivity contribution in [2.45, 2.75) is 38.8 Å². The Morgan fingerprint density at radius 1 is 1.30 bits per heavy atom. The first kappa shape index (κ1) is 23.2. The first-order chi connectivity index (χ1) is 13.1. The maximum absolute atomic E-state index is 10.8. The van der Waals surface area contributed by atoms with Crippen molar-refractivity contribution in [3.63, 3.8) is 0 Å². The van der Waals surface area contributed by atoms with Gasteiger partial charge in [0, 0.05) is 24.2 Å². The van der Waals surface area contributed by atoms with Gasteiger partial charge in [-0.2, -0.15) is 0 Å². The molecule has 1 fully saturated rings. The standard InChI is InChI=1S/C18H22N2O2.C2H3Cl.C2H6/c1-3-12-4-6-17(20-11-12)18(21)14-8-9-19-16-7-5-13(22-2)10-15(14)16;1-2-3;1-2/h3,5,7-10,12,17-18,20-21H,1,4,6,11H2,2H3;2H,1H2;1-2H3/t12?,17?,18-;;/m1../s1. The number of piperidine rings is 1. The normalized spacial score (nSPS) is 19.6. The summed E-state index contributed by atoms with van der Waals surface area (Å²) in [5.74, 6) is 1.27. The fourth-order valence-electron chi connectivity index (χ4n) is 3.12. The molecule has 2 heterocycles. The van der Waals surface area contributed by atoms with Crippen LogP contribution in [0.15, 0.2) is 55.2 Å². The molecule has 0 aliphatic carbocycles. The summed E-state index contributed by atoms with van der Waals surface area (Å²) >= 11 is 4.76. The molecule has 1 aliphatic heterocycles. The number of nitrogens with one attached hydrogen (secondary N) is 1. The summed E-state index contributed by atoms with van der Waals surface area (Å²) in [4.78, 5) is 4.37. The molecule has 5 heteroatoms. The molecule has 148 valence electrons. The van der Waals surface area contributed by atoms with E-state index in [9.17, 15) is 5.11 Å². The topological polar surface area (TPSA) is 54.4 Å². The van der Waals surface area contributed by atoms with E-state index in [0.29, 0.717) is 5.92 Å². The average Bonchev–Trinajstić information content (AvgIpc) is 2.74. The third-order valence-corrected chi connectivity index (χ3v) is 4.51. The van der Waals surface area contributed by atoms with Crippen LogP contribution in [0.5, 0.6) is 5.75 Å². The summed E-state index contributed by atoms with van der Waals surface area (Å²) in [6.45, 7) is 11.8. The number of methoxy groups -OCH3 is 1. The van der Waals surface area contributed by atoms with Crippen LogP contribution in [0.2, 0.25) is 0 Å². The number of hydrogen-bond donors (Lipinski definition) is 2. The number of nitrogens with zero attached hydrogens (tertiary/aromatic N) is 1. The molecule has 1 saturated heterocycles. The molecule has 4 nitrogen and oxygen atoms in total. The Balaban J connectivity index is 0.000000665. The van der Waals surface area contributed by atoms with Crippen LogP contribution < -0.4 is 10.1 Å². The highest BCUT2D eigenvalue weighted by atomic mass is 35.5. The Bertz CT molecular complexity index is 713. The van der Waals surface area contributed by atoms with Gasteiger partial charge in [0.15, 0.2) is 0 Å². The van der Waals surface area contributed by atoms with Crippen molar-refractivity contribution < 1.29 is 9.84 Å². The number of benzene rings is 1. The molecular weight excluding hydrogens is 360 g/mol. The summed E-state index contributed by atoms with van der Waals surface area (Å²) in [7, 11) is 1.64. The Kier molecular flexibility index (Phi) is 10.7. The van der Waals surface area contributed by atoms with Crippen LogP contribution in [0, 0.1) is 5.92 Å². The Hall–Kier alpha value is -1.88. The van der Waals surface area contributed by atoms with Crippen molar-refractivity contribution in [3.8, 4) is 5.75 Å². The lowest BCUT2D eigenvalue weighted by Gasteiger charge is -2.32. The van der Waals surface area contributed by atoms with Gasteiger partial charge in [0.2, 0.25) is 0 Å². The van der Waals surface area contributed by atoms with Crippen LogP contribution in [0.3, 0.4) is 0 Å². The Morgan fingerprint density at radius 2 is 2.00 bits per heavy atom. The molecule has 0 saturated carbocycles. The third-order valence-electron chi connectivity index (χ3n) is 4.51. The van der Waals surface area contributed by atoms with E-state index < -0.39 is 6.10 Å². The van der Waals surface area contributed by atoms with Gasteiger partial charge in [0.1, 0.15) is 5.75 Å². The summed E-state index contributed by atoms with van der Waals surface area (Å²) in [6.07, 6.45) is 5.18. The number of rotatable bonds is 4. The van der Waals surface area contributed by atoms with Gasteiger partial charge in [-0.05, 0) is 54.1 Å². The molecule has 1 aromatic carbocycles. The molecule has 1 aliphatic rings. The third kappa shape index (κ3) is 6.35. The van der Waals surface area contributed by atoms with Crippen LogP contribution in [-0.2, 0) is 0 Å². The van der Waals surface area contributed by atoms with E-state index in [1.54, 1.807) is 13.3 Å². The highest BCUT2D eigenvalue weighted by Gasteiger charge is 2.27. The second-order valence-electron chi connectivity index (χ2n) is 5.97. The van der Waals surface area contributed by atoms with Gasteiger partial charge in [-0.3, -0.25) is 4.98 Å². The highest BCUT2D eigenvalue weighted by Crippen LogP contribution is 2.31. The van der Waals surface area contributed by atoms with Gasteiger partial charge in [-0.15, -0.1) is 6.58 Å². The lowest BCUT2D eigenvalue weighted by Crippen LogP contribution is -2.42. The van der Waals surface area contributed by atoms with Gasteiger partial charge in [-0.1, -0.05) is 38.1 Å². The van der Waals surface area contributed by atoms with E-state index in [2.05, 4.69) is 23.5 Å². The second-order valence-corrected chi connectivity index (χ2v) is 6.28. The summed E-state index contributed by atoms with van der Waals surface area (Å²) in [5, 5.41) is 15.2. The number of aromatic nitrogens is 1. The van der Waals surface area contributed by atoms with Crippen LogP contribution in [-0.4, -0.2) is 29.8 Å². The molecule has 2 unspecified atom stereocenters. The molecule has 1 aromatic heterocycles. The number of ether oxygens (including phenoxy) is 1. The fourth-order valence-corrected chi connectivity index (χ4v) is 3.12. The number of fused-ring (bicyclic) bond motifs is 1. The molecule has 0 radical (unpaired) electrons. The van der Waals surface area contributed by atoms with Crippen molar-refractivity contribution in [3.05, 3.63) is 60.8 Å². The summed E-state index contributed by atoms with van der Waals surface area (Å²) in [5.41, 5.74) is 3.00. The summed E-state index contributed by atoms with van der Waals surface area (Å²) in [6, 6.07) is 7.71. The SMILES string of the molecule is C=CC1CCC([C@H](O)c2ccnc3ccc(OC)cc23)NC1.C=CCl.CC. The molecule has 2 N–H and O–H groups in total. The Morgan fingerprint density at radius 3 is 2.56 bits per heavy atom. The second kappa shape index (κ2) is 12.5. The smallest absolute Gasteiger partial charge is 0.119 e. The predicted molar refractivity (Wildman–Crippen MR) is 115 cm³/mol. The van der Waals surface area contributed by atoms with E-state index in [1.165, 1.54) is 5.54 Å². The number of pyridine rings is 1. The lowest BCUT2D eigenvalue weighted by atomic mass is 9.89. The number of halogens is 1. The monoisotopic (exact) mass is 390 g/mol. The molecule has 3 atom stereocenters. The molecule has 3 rings (SSSR count). The van der Waals surface area contributed by atoms with Crippen molar-refractivity contribution in [1.29, 1.82) is 0 Å². The van der Waals surface area contributed by atoms with Gasteiger partial charge in [-0.25, -0.2) is 0 Å². The number of aliphatic hydroxyl groups excluding tert-OH is 1.